The van der Waals surface area contributed by atoms with Crippen LogP contribution in [0.15, 0.2) is 35.3 Å². The van der Waals surface area contributed by atoms with Gasteiger partial charge in [-0.3, -0.25) is 24.2 Å². The van der Waals surface area contributed by atoms with Crippen molar-refractivity contribution in [1.29, 1.82) is 0 Å². The molecular formula is C23H35N7O7S. The van der Waals surface area contributed by atoms with E-state index >= 15 is 0 Å². The summed E-state index contributed by atoms with van der Waals surface area (Å²) in [6, 6.07) is 3.75. The van der Waals surface area contributed by atoms with Crippen LogP contribution in [0.3, 0.4) is 0 Å². The van der Waals surface area contributed by atoms with Crippen molar-refractivity contribution in [2.24, 2.45) is 22.2 Å². The minimum absolute atomic E-state index is 0.00122. The van der Waals surface area contributed by atoms with Crippen LogP contribution in [0.5, 0.6) is 0 Å². The lowest BCUT2D eigenvalue weighted by molar-refractivity contribution is -0.141. The summed E-state index contributed by atoms with van der Waals surface area (Å²) in [6.07, 6.45) is -0.153. The summed E-state index contributed by atoms with van der Waals surface area (Å²) >= 11 is 3.93. The Morgan fingerprint density at radius 1 is 0.868 bits per heavy atom. The van der Waals surface area contributed by atoms with Crippen LogP contribution in [0.4, 0.5) is 0 Å². The first-order valence-electron chi connectivity index (χ1n) is 11.8. The molecule has 1 rings (SSSR count). The van der Waals surface area contributed by atoms with Crippen molar-refractivity contribution in [3.63, 3.8) is 0 Å². The molecule has 0 saturated carbocycles. The number of hydrogen-bond donors (Lipinski definition) is 9. The molecule has 0 bridgehead atoms. The first-order valence-corrected chi connectivity index (χ1v) is 12.4. The smallest absolute Gasteiger partial charge is 0.327 e. The van der Waals surface area contributed by atoms with Crippen LogP contribution in [-0.2, 0) is 30.4 Å². The van der Waals surface area contributed by atoms with Crippen molar-refractivity contribution in [2.75, 3.05) is 12.3 Å². The number of nitrogens with one attached hydrogen (secondary N) is 3. The maximum atomic E-state index is 13.1. The fraction of sp³-hybridized carbons (Fsp3) is 0.478. The molecule has 1 aromatic rings. The fourth-order valence-corrected chi connectivity index (χ4v) is 3.50. The quantitative estimate of drug-likeness (QED) is 0.0441. The molecule has 11 N–H and O–H groups in total. The molecule has 0 spiro atoms. The summed E-state index contributed by atoms with van der Waals surface area (Å²) in [5.74, 6) is -5.12. The Balaban J connectivity index is 3.03. The van der Waals surface area contributed by atoms with Gasteiger partial charge in [-0.05, 0) is 24.8 Å². The second-order valence-electron chi connectivity index (χ2n) is 8.38. The van der Waals surface area contributed by atoms with Crippen molar-refractivity contribution >= 4 is 48.2 Å². The second-order valence-corrected chi connectivity index (χ2v) is 8.75. The number of carbonyl (C=O) groups excluding carboxylic acids is 3. The minimum Gasteiger partial charge on any atom is -0.481 e. The van der Waals surface area contributed by atoms with Gasteiger partial charge >= 0.3 is 11.9 Å². The van der Waals surface area contributed by atoms with E-state index in [2.05, 4.69) is 33.6 Å². The van der Waals surface area contributed by atoms with Gasteiger partial charge in [0.2, 0.25) is 17.7 Å². The molecule has 0 aromatic heterocycles. The predicted molar refractivity (Wildman–Crippen MR) is 142 cm³/mol. The molecule has 0 aliphatic rings. The van der Waals surface area contributed by atoms with Crippen molar-refractivity contribution in [3.8, 4) is 0 Å². The van der Waals surface area contributed by atoms with Gasteiger partial charge in [0.15, 0.2) is 5.96 Å². The van der Waals surface area contributed by atoms with Gasteiger partial charge in [-0.15, -0.1) is 0 Å². The minimum atomic E-state index is -1.33. The van der Waals surface area contributed by atoms with E-state index in [4.69, 9.17) is 22.3 Å². The van der Waals surface area contributed by atoms with Gasteiger partial charge in [0.25, 0.3) is 0 Å². The zero-order chi connectivity index (χ0) is 28.7. The highest BCUT2D eigenvalue weighted by molar-refractivity contribution is 7.80. The molecule has 15 heteroatoms. The van der Waals surface area contributed by atoms with E-state index in [0.29, 0.717) is 12.0 Å². The van der Waals surface area contributed by atoms with Crippen LogP contribution in [0.1, 0.15) is 31.2 Å². The van der Waals surface area contributed by atoms with Crippen LogP contribution < -0.4 is 33.2 Å². The zero-order valence-corrected chi connectivity index (χ0v) is 21.6. The van der Waals surface area contributed by atoms with Crippen molar-refractivity contribution in [1.82, 2.24) is 16.0 Å². The highest BCUT2D eigenvalue weighted by atomic mass is 32.1. The molecular weight excluding hydrogens is 518 g/mol. The lowest BCUT2D eigenvalue weighted by atomic mass is 10.0. The van der Waals surface area contributed by atoms with Crippen LogP contribution in [0.25, 0.3) is 0 Å². The Labute approximate surface area is 225 Å². The number of thiol groups is 1. The van der Waals surface area contributed by atoms with Gasteiger partial charge in [-0.1, -0.05) is 30.3 Å². The third-order valence-corrected chi connectivity index (χ3v) is 5.66. The third-order valence-electron chi connectivity index (χ3n) is 5.30. The van der Waals surface area contributed by atoms with Crippen molar-refractivity contribution in [3.05, 3.63) is 35.9 Å². The van der Waals surface area contributed by atoms with Gasteiger partial charge in [-0.25, -0.2) is 4.79 Å². The van der Waals surface area contributed by atoms with E-state index in [0.717, 1.165) is 0 Å². The number of carboxylic acids is 2. The van der Waals surface area contributed by atoms with E-state index < -0.39 is 60.2 Å². The normalized spacial score (nSPS) is 13.7. The molecule has 14 nitrogen and oxygen atoms in total. The Kier molecular flexibility index (Phi) is 14.2. The standard InChI is InChI=1S/C23H35N7O7S/c24-14(7-4-10-27-23(25)26)19(33)28-15(8-9-18(31)32)20(34)29-16(11-13-5-2-1-3-6-13)21(35)30-17(12-38)22(36)37/h1-3,5-6,14-17,38H,4,7-12,24H2,(H,28,33)(H,29,34)(H,30,35)(H,31,32)(H,36,37)(H4,25,26,27). The number of hydrogen-bond acceptors (Lipinski definition) is 8. The van der Waals surface area contributed by atoms with Crippen LogP contribution in [0, 0.1) is 0 Å². The molecule has 0 heterocycles. The van der Waals surface area contributed by atoms with Crippen LogP contribution in [0.2, 0.25) is 0 Å². The molecule has 0 aliphatic heterocycles. The van der Waals surface area contributed by atoms with E-state index in [1.165, 1.54) is 0 Å². The van der Waals surface area contributed by atoms with Crippen LogP contribution >= 0.6 is 12.6 Å². The first kappa shape index (κ1) is 32.2. The van der Waals surface area contributed by atoms with E-state index in [1.807, 2.05) is 0 Å². The van der Waals surface area contributed by atoms with Gasteiger partial charge < -0.3 is 43.4 Å². The van der Waals surface area contributed by atoms with Gasteiger partial charge in [0.1, 0.15) is 18.1 Å². The highest BCUT2D eigenvalue weighted by Crippen LogP contribution is 2.07. The number of carboxylic acid groups (broad SMARTS) is 2. The molecule has 38 heavy (non-hydrogen) atoms. The first-order chi connectivity index (χ1) is 17.9. The second kappa shape index (κ2) is 16.8. The number of aliphatic imine (C=N–C) groups is 1. The topological polar surface area (TPSA) is 252 Å². The zero-order valence-electron chi connectivity index (χ0n) is 20.7. The van der Waals surface area contributed by atoms with Crippen molar-refractivity contribution in [2.45, 2.75) is 56.3 Å². The molecule has 0 aliphatic carbocycles. The third kappa shape index (κ3) is 12.4. The molecule has 0 fully saturated rings. The number of carbonyl (C=O) groups is 5. The van der Waals surface area contributed by atoms with Crippen LogP contribution in [-0.4, -0.2) is 82.3 Å². The molecule has 210 valence electrons. The number of aliphatic carboxylic acids is 2. The summed E-state index contributed by atoms with van der Waals surface area (Å²) < 4.78 is 0. The molecule has 1 aromatic carbocycles. The highest BCUT2D eigenvalue weighted by Gasteiger charge is 2.30. The van der Waals surface area contributed by atoms with E-state index in [-0.39, 0.29) is 37.5 Å². The number of guanidine groups is 1. The summed E-state index contributed by atoms with van der Waals surface area (Å²) in [6.45, 7) is 0.242. The Bertz CT molecular complexity index is 990. The lowest BCUT2D eigenvalue weighted by Crippen LogP contribution is -2.57. The summed E-state index contributed by atoms with van der Waals surface area (Å²) in [5, 5.41) is 25.6. The van der Waals surface area contributed by atoms with Gasteiger partial charge in [0, 0.05) is 25.1 Å². The van der Waals surface area contributed by atoms with Gasteiger partial charge in [0.05, 0.1) is 6.04 Å². The fourth-order valence-electron chi connectivity index (χ4n) is 3.26. The number of rotatable bonds is 17. The predicted octanol–water partition coefficient (Wildman–Crippen LogP) is -2.06. The average Bonchev–Trinajstić information content (AvgIpc) is 2.86. The molecule has 0 saturated heterocycles. The molecule has 4 atom stereocenters. The van der Waals surface area contributed by atoms with Crippen molar-refractivity contribution < 1.29 is 34.2 Å². The van der Waals surface area contributed by atoms with E-state index in [9.17, 15) is 29.1 Å². The molecule has 3 amide bonds. The Morgan fingerprint density at radius 3 is 2.00 bits per heavy atom. The molecule has 0 radical (unpaired) electrons. The SMILES string of the molecule is NC(N)=NCCCC(N)C(=O)NC(CCC(=O)O)C(=O)NC(Cc1ccccc1)C(=O)NC(CS)C(=O)O. The summed E-state index contributed by atoms with van der Waals surface area (Å²) in [7, 11) is 0. The monoisotopic (exact) mass is 553 g/mol. The number of benzene rings is 1. The number of nitrogens with zero attached hydrogens (tertiary/aromatic N) is 1. The average molecular weight is 554 g/mol. The Hall–Kier alpha value is -3.85. The van der Waals surface area contributed by atoms with Gasteiger partial charge in [-0.2, -0.15) is 12.6 Å². The summed E-state index contributed by atoms with van der Waals surface area (Å²) in [4.78, 5) is 64.9. The maximum Gasteiger partial charge on any atom is 0.327 e. The lowest BCUT2D eigenvalue weighted by Gasteiger charge is -2.25. The number of amides is 3. The summed E-state index contributed by atoms with van der Waals surface area (Å²) in [5.41, 5.74) is 17.1. The maximum absolute atomic E-state index is 13.1. The molecule has 4 unspecified atom stereocenters. The Morgan fingerprint density at radius 2 is 1.45 bits per heavy atom. The largest absolute Gasteiger partial charge is 0.481 e. The number of nitrogens with two attached hydrogens (primary N) is 3. The van der Waals surface area contributed by atoms with E-state index in [1.54, 1.807) is 30.3 Å².